The van der Waals surface area contributed by atoms with Gasteiger partial charge >= 0.3 is 0 Å². The van der Waals surface area contributed by atoms with Crippen LogP contribution in [0.15, 0.2) is 63.4 Å². The van der Waals surface area contributed by atoms with Crippen LogP contribution in [0.5, 0.6) is 0 Å². The second-order valence-electron chi connectivity index (χ2n) is 7.73. The molecule has 34 heavy (non-hydrogen) atoms. The lowest BCUT2D eigenvalue weighted by atomic mass is 10.1. The summed E-state index contributed by atoms with van der Waals surface area (Å²) in [7, 11) is -7.36. The SMILES string of the molecule is CC1(C)N=C(N)N=C(N)N1c1cccc(CNc2ccc(S(N)(=O)=O)cc2)c1.CCS(=O)(=O)O. The number of rotatable bonds is 6. The summed E-state index contributed by atoms with van der Waals surface area (Å²) in [5.41, 5.74) is 13.8. The van der Waals surface area contributed by atoms with Crippen molar-refractivity contribution in [2.45, 2.75) is 37.9 Å². The molecule has 1 aliphatic rings. The number of primary sulfonamides is 1. The minimum Gasteiger partial charge on any atom is -0.381 e. The van der Waals surface area contributed by atoms with E-state index in [4.69, 9.17) is 21.2 Å². The van der Waals surface area contributed by atoms with E-state index in [1.165, 1.54) is 19.1 Å². The molecule has 14 heteroatoms. The van der Waals surface area contributed by atoms with Gasteiger partial charge in [-0.1, -0.05) is 12.1 Å². The summed E-state index contributed by atoms with van der Waals surface area (Å²) in [6.07, 6.45) is 0. The molecule has 0 unspecified atom stereocenters. The average Bonchev–Trinajstić information content (AvgIpc) is 2.71. The van der Waals surface area contributed by atoms with Crippen molar-refractivity contribution >= 4 is 43.4 Å². The van der Waals surface area contributed by atoms with E-state index in [2.05, 4.69) is 15.3 Å². The Morgan fingerprint density at radius 1 is 1.06 bits per heavy atom. The molecule has 2 aromatic carbocycles. The topological polar surface area (TPSA) is 207 Å². The van der Waals surface area contributed by atoms with Crippen LogP contribution in [-0.4, -0.2) is 44.7 Å². The Kier molecular flexibility index (Phi) is 8.26. The highest BCUT2D eigenvalue weighted by Crippen LogP contribution is 2.28. The van der Waals surface area contributed by atoms with Crippen LogP contribution in [0.1, 0.15) is 26.3 Å². The van der Waals surface area contributed by atoms with Gasteiger partial charge < -0.3 is 16.8 Å². The van der Waals surface area contributed by atoms with Gasteiger partial charge in [-0.3, -0.25) is 9.45 Å². The zero-order valence-corrected chi connectivity index (χ0v) is 20.6. The van der Waals surface area contributed by atoms with Crippen molar-refractivity contribution in [3.63, 3.8) is 0 Å². The van der Waals surface area contributed by atoms with Gasteiger partial charge in [0.15, 0.2) is 0 Å². The van der Waals surface area contributed by atoms with Crippen LogP contribution in [0.2, 0.25) is 0 Å². The first-order valence-electron chi connectivity index (χ1n) is 10.0. The maximum Gasteiger partial charge on any atom is 0.264 e. The van der Waals surface area contributed by atoms with Gasteiger partial charge in [0.05, 0.1) is 10.6 Å². The summed E-state index contributed by atoms with van der Waals surface area (Å²) in [5, 5.41) is 8.36. The fourth-order valence-electron chi connectivity index (χ4n) is 3.02. The van der Waals surface area contributed by atoms with Crippen molar-refractivity contribution in [1.82, 2.24) is 0 Å². The molecule has 1 heterocycles. The molecule has 12 nitrogen and oxygen atoms in total. The van der Waals surface area contributed by atoms with E-state index in [0.29, 0.717) is 6.54 Å². The number of hydrogen-bond donors (Lipinski definition) is 5. The number of hydrogen-bond acceptors (Lipinski definition) is 10. The van der Waals surface area contributed by atoms with Crippen molar-refractivity contribution < 1.29 is 21.4 Å². The van der Waals surface area contributed by atoms with Crippen molar-refractivity contribution in [3.05, 3.63) is 54.1 Å². The zero-order chi connectivity index (χ0) is 25.7. The molecule has 3 rings (SSSR count). The van der Waals surface area contributed by atoms with Crippen molar-refractivity contribution in [1.29, 1.82) is 0 Å². The Labute approximate surface area is 199 Å². The zero-order valence-electron chi connectivity index (χ0n) is 19.0. The molecule has 0 spiro atoms. The first kappa shape index (κ1) is 27.0. The molecule has 0 radical (unpaired) electrons. The van der Waals surface area contributed by atoms with Gasteiger partial charge in [0, 0.05) is 17.9 Å². The second-order valence-corrected chi connectivity index (χ2v) is 11.0. The highest BCUT2D eigenvalue weighted by atomic mass is 32.2. The number of guanidine groups is 2. The third-order valence-corrected chi connectivity index (χ3v) is 6.27. The maximum absolute atomic E-state index is 11.3. The third kappa shape index (κ3) is 7.69. The molecule has 0 aromatic heterocycles. The van der Waals surface area contributed by atoms with Crippen LogP contribution in [0, 0.1) is 0 Å². The quantitative estimate of drug-likeness (QED) is 0.350. The van der Waals surface area contributed by atoms with E-state index in [1.54, 1.807) is 12.1 Å². The Bertz CT molecular complexity index is 1290. The van der Waals surface area contributed by atoms with Crippen LogP contribution in [0.3, 0.4) is 0 Å². The molecule has 0 saturated carbocycles. The fourth-order valence-corrected chi connectivity index (χ4v) is 3.54. The van der Waals surface area contributed by atoms with E-state index in [9.17, 15) is 16.8 Å². The van der Waals surface area contributed by atoms with Gasteiger partial charge in [-0.2, -0.15) is 13.4 Å². The summed E-state index contributed by atoms with van der Waals surface area (Å²) < 4.78 is 49.6. The van der Waals surface area contributed by atoms with E-state index in [-0.39, 0.29) is 22.6 Å². The van der Waals surface area contributed by atoms with Gasteiger partial charge in [0.25, 0.3) is 10.1 Å². The smallest absolute Gasteiger partial charge is 0.264 e. The first-order valence-corrected chi connectivity index (χ1v) is 13.2. The number of nitrogens with zero attached hydrogens (tertiary/aromatic N) is 3. The molecule has 0 aliphatic carbocycles. The molecular formula is C20H29N7O5S2. The Hall–Kier alpha value is -3.20. The van der Waals surface area contributed by atoms with Gasteiger partial charge in [-0.25, -0.2) is 18.5 Å². The lowest BCUT2D eigenvalue weighted by molar-refractivity contribution is 0.484. The average molecular weight is 512 g/mol. The van der Waals surface area contributed by atoms with E-state index in [1.807, 2.05) is 43.0 Å². The molecule has 0 atom stereocenters. The van der Waals surface area contributed by atoms with E-state index >= 15 is 0 Å². The number of benzene rings is 2. The molecule has 0 bridgehead atoms. The minimum absolute atomic E-state index is 0.0713. The number of nitrogens with two attached hydrogens (primary N) is 3. The molecule has 2 aromatic rings. The lowest BCUT2D eigenvalue weighted by Gasteiger charge is -2.38. The fraction of sp³-hybridized carbons (Fsp3) is 0.300. The highest BCUT2D eigenvalue weighted by molar-refractivity contribution is 7.89. The Morgan fingerprint density at radius 3 is 2.15 bits per heavy atom. The summed E-state index contributed by atoms with van der Waals surface area (Å²) >= 11 is 0. The second kappa shape index (κ2) is 10.4. The molecular weight excluding hydrogens is 482 g/mol. The Morgan fingerprint density at radius 2 is 1.65 bits per heavy atom. The van der Waals surface area contributed by atoms with E-state index in [0.717, 1.165) is 16.9 Å². The molecule has 8 N–H and O–H groups in total. The third-order valence-electron chi connectivity index (χ3n) is 4.61. The van der Waals surface area contributed by atoms with Crippen molar-refractivity contribution in [2.75, 3.05) is 16.0 Å². The molecule has 0 saturated heterocycles. The van der Waals surface area contributed by atoms with Crippen LogP contribution in [0.4, 0.5) is 11.4 Å². The number of nitrogens with one attached hydrogen (secondary N) is 1. The van der Waals surface area contributed by atoms with Crippen LogP contribution in [-0.2, 0) is 26.7 Å². The van der Waals surface area contributed by atoms with E-state index < -0.39 is 25.8 Å². The van der Waals surface area contributed by atoms with Crippen LogP contribution in [0.25, 0.3) is 0 Å². The first-order chi connectivity index (χ1) is 15.6. The molecule has 0 amide bonds. The van der Waals surface area contributed by atoms with Crippen LogP contribution >= 0.6 is 0 Å². The standard InChI is InChI=1S/C18H23N7O2S.C2H6O3S/c1-18(2)24-16(19)23-17(20)25(18)14-5-3-4-12(10-14)11-22-13-6-8-15(9-7-13)28(21,26)27;1-2-6(3,4)5/h3-10,22H,11H2,1-2H3,(H2,21,26,27)(H4,19,20,23,24);2H2,1H3,(H,3,4,5). The van der Waals surface area contributed by atoms with Crippen molar-refractivity contribution in [3.8, 4) is 0 Å². The number of anilines is 2. The van der Waals surface area contributed by atoms with Gasteiger partial charge in [-0.15, -0.1) is 0 Å². The highest BCUT2D eigenvalue weighted by Gasteiger charge is 2.32. The van der Waals surface area contributed by atoms with Gasteiger partial charge in [0.2, 0.25) is 21.9 Å². The predicted octanol–water partition coefficient (Wildman–Crippen LogP) is 1.03. The number of sulfonamides is 1. The lowest BCUT2D eigenvalue weighted by Crippen LogP contribution is -2.54. The number of aliphatic imine (C=N–C) groups is 2. The summed E-state index contributed by atoms with van der Waals surface area (Å²) in [6.45, 7) is 5.70. The molecule has 1 aliphatic heterocycles. The minimum atomic E-state index is -3.70. The largest absolute Gasteiger partial charge is 0.381 e. The summed E-state index contributed by atoms with van der Waals surface area (Å²) in [6, 6.07) is 14.0. The maximum atomic E-state index is 11.3. The normalized spacial score (nSPS) is 15.5. The molecule has 0 fully saturated rings. The molecule has 186 valence electrons. The predicted molar refractivity (Wildman–Crippen MR) is 133 cm³/mol. The monoisotopic (exact) mass is 511 g/mol. The van der Waals surface area contributed by atoms with Gasteiger partial charge in [0.1, 0.15) is 5.66 Å². The van der Waals surface area contributed by atoms with Gasteiger partial charge in [-0.05, 0) is 62.7 Å². The Balaban J connectivity index is 0.000000604. The summed E-state index contributed by atoms with van der Waals surface area (Å²) in [5.74, 6) is 0.230. The summed E-state index contributed by atoms with van der Waals surface area (Å²) in [4.78, 5) is 10.3. The van der Waals surface area contributed by atoms with Crippen LogP contribution < -0.4 is 26.8 Å². The van der Waals surface area contributed by atoms with Crippen molar-refractivity contribution in [2.24, 2.45) is 26.6 Å².